The van der Waals surface area contributed by atoms with E-state index in [4.69, 9.17) is 30.2 Å². The van der Waals surface area contributed by atoms with Gasteiger partial charge in [-0.25, -0.2) is 0 Å². The van der Waals surface area contributed by atoms with Crippen molar-refractivity contribution >= 4 is 34.2 Å². The summed E-state index contributed by atoms with van der Waals surface area (Å²) < 4.78 is 22.7. The Hall–Kier alpha value is -4.23. The van der Waals surface area contributed by atoms with Crippen molar-refractivity contribution in [1.82, 2.24) is 0 Å². The van der Waals surface area contributed by atoms with Crippen LogP contribution < -0.4 is 24.5 Å². The Morgan fingerprint density at radius 2 is 1.68 bits per heavy atom. The first-order chi connectivity index (χ1) is 18.3. The summed E-state index contributed by atoms with van der Waals surface area (Å²) in [6.45, 7) is 7.84. The second kappa shape index (κ2) is 9.91. The van der Waals surface area contributed by atoms with Crippen LogP contribution in [0.3, 0.4) is 0 Å². The Morgan fingerprint density at radius 3 is 2.37 bits per heavy atom. The summed E-state index contributed by atoms with van der Waals surface area (Å²) in [6.07, 6.45) is 1.63. The highest BCUT2D eigenvalue weighted by Crippen LogP contribution is 2.44. The fourth-order valence-electron chi connectivity index (χ4n) is 4.74. The molecule has 0 saturated heterocycles. The average Bonchev–Trinajstić information content (AvgIpc) is 3.20. The van der Waals surface area contributed by atoms with Crippen LogP contribution in [0.4, 0.5) is 5.69 Å². The summed E-state index contributed by atoms with van der Waals surface area (Å²) in [4.78, 5) is 29.4. The lowest BCUT2D eigenvalue weighted by Crippen LogP contribution is -2.29. The summed E-state index contributed by atoms with van der Waals surface area (Å²) in [5.41, 5.74) is 3.39. The predicted octanol–water partition coefficient (Wildman–Crippen LogP) is 6.40. The van der Waals surface area contributed by atoms with E-state index in [2.05, 4.69) is 6.58 Å². The second-order valence-corrected chi connectivity index (χ2v) is 9.42. The molecular formula is C30H26ClNO6. The molecule has 0 radical (unpaired) electrons. The molecule has 0 N–H and O–H groups in total. The van der Waals surface area contributed by atoms with E-state index in [1.54, 1.807) is 54.6 Å². The van der Waals surface area contributed by atoms with Crippen molar-refractivity contribution in [3.63, 3.8) is 0 Å². The largest absolute Gasteiger partial charge is 0.495 e. The molecule has 0 spiro atoms. The Kier molecular flexibility index (Phi) is 6.63. The number of ether oxygens (including phenoxy) is 3. The van der Waals surface area contributed by atoms with E-state index in [1.807, 2.05) is 13.8 Å². The molecule has 0 aliphatic carbocycles. The zero-order valence-electron chi connectivity index (χ0n) is 21.5. The van der Waals surface area contributed by atoms with Crippen LogP contribution in [-0.4, -0.2) is 26.7 Å². The van der Waals surface area contributed by atoms with Gasteiger partial charge in [0.05, 0.1) is 36.2 Å². The van der Waals surface area contributed by atoms with Gasteiger partial charge in [-0.05, 0) is 73.0 Å². The van der Waals surface area contributed by atoms with E-state index in [-0.39, 0.29) is 16.8 Å². The molecule has 3 aromatic carbocycles. The number of aryl methyl sites for hydroxylation is 2. The highest BCUT2D eigenvalue weighted by atomic mass is 35.5. The van der Waals surface area contributed by atoms with Crippen molar-refractivity contribution < 1.29 is 23.4 Å². The second-order valence-electron chi connectivity index (χ2n) is 9.01. The van der Waals surface area contributed by atoms with Crippen molar-refractivity contribution in [2.75, 3.05) is 25.7 Å². The zero-order valence-corrected chi connectivity index (χ0v) is 22.2. The minimum atomic E-state index is -0.799. The zero-order chi connectivity index (χ0) is 27.1. The van der Waals surface area contributed by atoms with E-state index < -0.39 is 11.9 Å². The highest BCUT2D eigenvalue weighted by molar-refractivity contribution is 6.32. The number of amides is 1. The van der Waals surface area contributed by atoms with Gasteiger partial charge in [0.1, 0.15) is 17.9 Å². The fraction of sp³-hybridized carbons (Fsp3) is 0.200. The number of carbonyl (C=O) groups is 1. The number of methoxy groups -OCH3 is 2. The first-order valence-corrected chi connectivity index (χ1v) is 12.3. The molecule has 8 heteroatoms. The highest BCUT2D eigenvalue weighted by Gasteiger charge is 2.44. The molecule has 4 aromatic rings. The molecule has 7 nitrogen and oxygen atoms in total. The van der Waals surface area contributed by atoms with E-state index >= 15 is 0 Å². The number of anilines is 1. The molecule has 0 fully saturated rings. The SMILES string of the molecule is C=CCOc1ccc(C2c3c(oc4cc(C)c(C)cc4c3=O)C(=O)N2c2ccc(OC)c(Cl)c2)cc1OC. The molecule has 1 amide bonds. The van der Waals surface area contributed by atoms with Gasteiger partial charge in [-0.2, -0.15) is 0 Å². The van der Waals surface area contributed by atoms with Gasteiger partial charge in [0.25, 0.3) is 5.91 Å². The quantitative estimate of drug-likeness (QED) is 0.257. The average molecular weight is 532 g/mol. The predicted molar refractivity (Wildman–Crippen MR) is 147 cm³/mol. The summed E-state index contributed by atoms with van der Waals surface area (Å²) >= 11 is 6.44. The maximum absolute atomic E-state index is 14.0. The molecule has 38 heavy (non-hydrogen) atoms. The van der Waals surface area contributed by atoms with E-state index in [1.165, 1.54) is 19.1 Å². The number of hydrogen-bond donors (Lipinski definition) is 0. The number of rotatable bonds is 7. The number of halogens is 1. The fourth-order valence-corrected chi connectivity index (χ4v) is 4.99. The molecular weight excluding hydrogens is 506 g/mol. The van der Waals surface area contributed by atoms with Gasteiger partial charge in [0.15, 0.2) is 16.9 Å². The summed E-state index contributed by atoms with van der Waals surface area (Å²) in [5, 5.41) is 0.742. The number of carbonyl (C=O) groups excluding carboxylic acids is 1. The third-order valence-electron chi connectivity index (χ3n) is 6.76. The summed E-state index contributed by atoms with van der Waals surface area (Å²) in [5.74, 6) is 0.974. The number of fused-ring (bicyclic) bond motifs is 2. The Balaban J connectivity index is 1.77. The molecule has 1 atom stereocenters. The van der Waals surface area contributed by atoms with E-state index in [0.717, 1.165) is 11.1 Å². The topological polar surface area (TPSA) is 78.2 Å². The smallest absolute Gasteiger partial charge is 0.295 e. The van der Waals surface area contributed by atoms with E-state index in [9.17, 15) is 9.59 Å². The molecule has 0 bridgehead atoms. The third-order valence-corrected chi connectivity index (χ3v) is 7.06. The van der Waals surface area contributed by atoms with Crippen LogP contribution in [0.1, 0.15) is 38.9 Å². The van der Waals surface area contributed by atoms with Gasteiger partial charge >= 0.3 is 0 Å². The first kappa shape index (κ1) is 25.4. The van der Waals surface area contributed by atoms with Gasteiger partial charge in [0.2, 0.25) is 5.76 Å². The molecule has 1 aliphatic heterocycles. The molecule has 0 saturated carbocycles. The molecule has 5 rings (SSSR count). The molecule has 2 heterocycles. The van der Waals surface area contributed by atoms with Gasteiger partial charge in [-0.1, -0.05) is 30.3 Å². The minimum Gasteiger partial charge on any atom is -0.495 e. The molecule has 1 aromatic heterocycles. The van der Waals surface area contributed by atoms with Crippen LogP contribution in [0.25, 0.3) is 11.0 Å². The van der Waals surface area contributed by atoms with Gasteiger partial charge < -0.3 is 18.6 Å². The monoisotopic (exact) mass is 531 g/mol. The summed E-state index contributed by atoms with van der Waals surface area (Å²) in [6, 6.07) is 13.1. The first-order valence-electron chi connectivity index (χ1n) is 12.0. The summed E-state index contributed by atoms with van der Waals surface area (Å²) in [7, 11) is 3.04. The number of nitrogens with zero attached hydrogens (tertiary/aromatic N) is 1. The van der Waals surface area contributed by atoms with Crippen molar-refractivity contribution in [1.29, 1.82) is 0 Å². The van der Waals surface area contributed by atoms with Gasteiger partial charge in [-0.15, -0.1) is 0 Å². The van der Waals surface area contributed by atoms with Crippen LogP contribution in [0.15, 0.2) is 70.4 Å². The normalized spacial score (nSPS) is 14.5. The number of benzene rings is 3. The molecule has 1 aliphatic rings. The molecule has 194 valence electrons. The molecule has 1 unspecified atom stereocenters. The lowest BCUT2D eigenvalue weighted by atomic mass is 9.97. The standard InChI is InChI=1S/C30H26ClNO6/c1-6-11-37-23-9-7-18(14-25(23)36-5)27-26-28(33)20-12-16(2)17(3)13-24(20)38-29(26)30(34)32(27)19-8-10-22(35-4)21(31)15-19/h6-10,12-15,27H,1,11H2,2-5H3. The van der Waals surface area contributed by atoms with Crippen molar-refractivity contribution in [3.8, 4) is 17.2 Å². The van der Waals surface area contributed by atoms with Crippen LogP contribution >= 0.6 is 11.6 Å². The van der Waals surface area contributed by atoms with Gasteiger partial charge in [0, 0.05) is 5.69 Å². The maximum Gasteiger partial charge on any atom is 0.295 e. The lowest BCUT2D eigenvalue weighted by molar-refractivity contribution is 0.0971. The Labute approximate surface area is 224 Å². The minimum absolute atomic E-state index is 0.00588. The van der Waals surface area contributed by atoms with Crippen LogP contribution in [0, 0.1) is 13.8 Å². The Morgan fingerprint density at radius 1 is 0.974 bits per heavy atom. The van der Waals surface area contributed by atoms with Crippen molar-refractivity contribution in [3.05, 3.63) is 104 Å². The Bertz CT molecular complexity index is 1660. The van der Waals surface area contributed by atoms with Crippen LogP contribution in [-0.2, 0) is 0 Å². The van der Waals surface area contributed by atoms with Crippen LogP contribution in [0.2, 0.25) is 5.02 Å². The third kappa shape index (κ3) is 4.09. The number of hydrogen-bond acceptors (Lipinski definition) is 6. The van der Waals surface area contributed by atoms with Crippen molar-refractivity contribution in [2.24, 2.45) is 0 Å². The maximum atomic E-state index is 14.0. The van der Waals surface area contributed by atoms with Crippen molar-refractivity contribution in [2.45, 2.75) is 19.9 Å². The lowest BCUT2D eigenvalue weighted by Gasteiger charge is -2.26. The van der Waals surface area contributed by atoms with E-state index in [0.29, 0.717) is 51.1 Å². The van der Waals surface area contributed by atoms with Gasteiger partial charge in [-0.3, -0.25) is 14.5 Å². The van der Waals surface area contributed by atoms with Crippen LogP contribution in [0.5, 0.6) is 17.2 Å².